The Hall–Kier alpha value is -0.940. The van der Waals surface area contributed by atoms with Crippen LogP contribution in [0.15, 0.2) is 18.2 Å². The Morgan fingerprint density at radius 2 is 2.06 bits per heavy atom. The highest BCUT2D eigenvalue weighted by Gasteiger charge is 2.26. The molecule has 1 aromatic rings. The smallest absolute Gasteiger partial charge is 0.401 e. The van der Waals surface area contributed by atoms with Crippen LogP contribution in [0.3, 0.4) is 0 Å². The van der Waals surface area contributed by atoms with Crippen molar-refractivity contribution in [3.63, 3.8) is 0 Å². The van der Waals surface area contributed by atoms with E-state index in [1.807, 2.05) is 13.0 Å². The molecule has 0 bridgehead atoms. The van der Waals surface area contributed by atoms with Gasteiger partial charge in [-0.3, -0.25) is 0 Å². The normalized spacial score (nSPS) is 13.4. The fraction of sp³-hybridized carbons (Fsp3) is 0.500. The molecule has 0 aliphatic heterocycles. The molecule has 1 rings (SSSR count). The number of alkyl halides is 3. The highest BCUT2D eigenvalue weighted by molar-refractivity contribution is 6.32. The van der Waals surface area contributed by atoms with Crippen molar-refractivity contribution in [2.24, 2.45) is 0 Å². The number of nitrogens with one attached hydrogen (secondary N) is 1. The van der Waals surface area contributed by atoms with Crippen LogP contribution < -0.4 is 10.1 Å². The van der Waals surface area contributed by atoms with E-state index in [-0.39, 0.29) is 6.54 Å². The molecular weight excluding hydrogens is 267 g/mol. The first-order valence-electron chi connectivity index (χ1n) is 5.48. The lowest BCUT2D eigenvalue weighted by atomic mass is 10.2. The summed E-state index contributed by atoms with van der Waals surface area (Å²) in [4.78, 5) is 0. The maximum atomic E-state index is 11.9. The third kappa shape index (κ3) is 5.60. The molecule has 0 aliphatic carbocycles. The summed E-state index contributed by atoms with van der Waals surface area (Å²) in [5.74, 6) is 0.476. The van der Waals surface area contributed by atoms with Crippen LogP contribution in [0.1, 0.15) is 12.5 Å². The molecule has 0 fully saturated rings. The largest absolute Gasteiger partial charge is 0.488 e. The number of hydrogen-bond donors (Lipinski definition) is 1. The van der Waals surface area contributed by atoms with Gasteiger partial charge in [0.1, 0.15) is 11.9 Å². The van der Waals surface area contributed by atoms with Crippen molar-refractivity contribution >= 4 is 11.6 Å². The molecule has 0 aromatic heterocycles. The maximum Gasteiger partial charge on any atom is 0.401 e. The average Bonchev–Trinajstić information content (AvgIpc) is 2.20. The van der Waals surface area contributed by atoms with Gasteiger partial charge in [-0.05, 0) is 31.5 Å². The summed E-state index contributed by atoms with van der Waals surface area (Å²) in [7, 11) is 0. The zero-order valence-electron chi connectivity index (χ0n) is 10.1. The van der Waals surface area contributed by atoms with Crippen molar-refractivity contribution in [3.8, 4) is 5.75 Å². The van der Waals surface area contributed by atoms with Gasteiger partial charge in [-0.15, -0.1) is 0 Å². The highest BCUT2D eigenvalue weighted by atomic mass is 35.5. The van der Waals surface area contributed by atoms with Gasteiger partial charge in [-0.2, -0.15) is 13.2 Å². The van der Waals surface area contributed by atoms with Crippen LogP contribution in [0.2, 0.25) is 5.02 Å². The van der Waals surface area contributed by atoms with Crippen LogP contribution >= 0.6 is 11.6 Å². The minimum Gasteiger partial charge on any atom is -0.488 e. The first-order valence-corrected chi connectivity index (χ1v) is 5.86. The van der Waals surface area contributed by atoms with Crippen molar-refractivity contribution in [3.05, 3.63) is 28.8 Å². The second-order valence-electron chi connectivity index (χ2n) is 4.11. The lowest BCUT2D eigenvalue weighted by molar-refractivity contribution is -0.125. The number of ether oxygens (including phenoxy) is 1. The Kier molecular flexibility index (Phi) is 5.28. The Bertz CT molecular complexity index is 395. The number of benzene rings is 1. The Balaban J connectivity index is 2.42. The van der Waals surface area contributed by atoms with Crippen molar-refractivity contribution in [1.82, 2.24) is 5.32 Å². The molecular formula is C12H15ClF3NO. The molecule has 0 spiro atoms. The molecule has 0 amide bonds. The standard InChI is InChI=1S/C12H15ClF3NO/c1-8-3-4-11(10(13)5-8)18-9(2)6-17-7-12(14,15)16/h3-5,9,17H,6-7H2,1-2H3. The number of hydrogen-bond acceptors (Lipinski definition) is 2. The van der Waals surface area contributed by atoms with E-state index < -0.39 is 18.8 Å². The molecule has 0 radical (unpaired) electrons. The van der Waals surface area contributed by atoms with Crippen LogP contribution in [0.5, 0.6) is 5.75 Å². The minimum atomic E-state index is -4.21. The predicted molar refractivity (Wildman–Crippen MR) is 65.2 cm³/mol. The summed E-state index contributed by atoms with van der Waals surface area (Å²) >= 11 is 5.95. The fourth-order valence-corrected chi connectivity index (χ4v) is 1.66. The number of halogens is 4. The van der Waals surface area contributed by atoms with Crippen LogP contribution in [0.25, 0.3) is 0 Å². The topological polar surface area (TPSA) is 21.3 Å². The van der Waals surface area contributed by atoms with E-state index in [4.69, 9.17) is 16.3 Å². The molecule has 102 valence electrons. The lowest BCUT2D eigenvalue weighted by Crippen LogP contribution is -2.35. The van der Waals surface area contributed by atoms with E-state index in [9.17, 15) is 13.2 Å². The van der Waals surface area contributed by atoms with Crippen molar-refractivity contribution in [1.29, 1.82) is 0 Å². The maximum absolute atomic E-state index is 11.9. The van der Waals surface area contributed by atoms with E-state index >= 15 is 0 Å². The monoisotopic (exact) mass is 281 g/mol. The van der Waals surface area contributed by atoms with E-state index in [0.29, 0.717) is 10.8 Å². The summed E-state index contributed by atoms with van der Waals surface area (Å²) in [5.41, 5.74) is 0.996. The lowest BCUT2D eigenvalue weighted by Gasteiger charge is -2.17. The minimum absolute atomic E-state index is 0.101. The fourth-order valence-electron chi connectivity index (χ4n) is 1.38. The molecule has 18 heavy (non-hydrogen) atoms. The zero-order valence-corrected chi connectivity index (χ0v) is 10.9. The third-order valence-corrected chi connectivity index (χ3v) is 2.47. The summed E-state index contributed by atoms with van der Waals surface area (Å²) in [6.45, 7) is 2.65. The number of aryl methyl sites for hydroxylation is 1. The van der Waals surface area contributed by atoms with Crippen molar-refractivity contribution < 1.29 is 17.9 Å². The quantitative estimate of drug-likeness (QED) is 0.891. The zero-order chi connectivity index (χ0) is 13.8. The molecule has 0 saturated heterocycles. The summed E-state index contributed by atoms with van der Waals surface area (Å²) < 4.78 is 41.2. The molecule has 0 aliphatic rings. The van der Waals surface area contributed by atoms with Gasteiger partial charge in [0.15, 0.2) is 0 Å². The second-order valence-corrected chi connectivity index (χ2v) is 4.52. The molecule has 0 saturated carbocycles. The van der Waals surface area contributed by atoms with E-state index in [0.717, 1.165) is 5.56 Å². The van der Waals surface area contributed by atoms with Gasteiger partial charge in [0, 0.05) is 6.54 Å². The number of rotatable bonds is 5. The van der Waals surface area contributed by atoms with Gasteiger partial charge in [-0.25, -0.2) is 0 Å². The van der Waals surface area contributed by atoms with Crippen LogP contribution in [-0.2, 0) is 0 Å². The predicted octanol–water partition coefficient (Wildman–Crippen LogP) is 3.57. The Morgan fingerprint density at radius 1 is 1.39 bits per heavy atom. The van der Waals surface area contributed by atoms with Crippen LogP contribution in [0.4, 0.5) is 13.2 Å². The second kappa shape index (κ2) is 6.29. The SMILES string of the molecule is Cc1ccc(OC(C)CNCC(F)(F)F)c(Cl)c1. The summed E-state index contributed by atoms with van der Waals surface area (Å²) in [5, 5.41) is 2.74. The van der Waals surface area contributed by atoms with E-state index in [2.05, 4.69) is 5.32 Å². The first-order chi connectivity index (χ1) is 8.28. The average molecular weight is 282 g/mol. The van der Waals surface area contributed by atoms with Gasteiger partial charge < -0.3 is 10.1 Å². The van der Waals surface area contributed by atoms with Gasteiger partial charge in [0.25, 0.3) is 0 Å². The molecule has 0 heterocycles. The van der Waals surface area contributed by atoms with Crippen molar-refractivity contribution in [2.45, 2.75) is 26.1 Å². The van der Waals surface area contributed by atoms with Gasteiger partial charge in [0.05, 0.1) is 11.6 Å². The Labute approximate surface area is 109 Å². The molecule has 2 nitrogen and oxygen atoms in total. The summed E-state index contributed by atoms with van der Waals surface area (Å²) in [6, 6.07) is 5.28. The molecule has 6 heteroatoms. The van der Waals surface area contributed by atoms with E-state index in [1.165, 1.54) is 0 Å². The van der Waals surface area contributed by atoms with Gasteiger partial charge in [0.2, 0.25) is 0 Å². The molecule has 1 unspecified atom stereocenters. The van der Waals surface area contributed by atoms with E-state index in [1.54, 1.807) is 19.1 Å². The molecule has 1 aromatic carbocycles. The molecule has 1 atom stereocenters. The summed E-state index contributed by atoms with van der Waals surface area (Å²) in [6.07, 6.45) is -4.60. The van der Waals surface area contributed by atoms with Gasteiger partial charge in [-0.1, -0.05) is 17.7 Å². The highest BCUT2D eigenvalue weighted by Crippen LogP contribution is 2.26. The van der Waals surface area contributed by atoms with Crippen molar-refractivity contribution in [2.75, 3.05) is 13.1 Å². The van der Waals surface area contributed by atoms with Crippen LogP contribution in [-0.4, -0.2) is 25.4 Å². The van der Waals surface area contributed by atoms with Gasteiger partial charge >= 0.3 is 6.18 Å². The Morgan fingerprint density at radius 3 is 2.61 bits per heavy atom. The van der Waals surface area contributed by atoms with Crippen LogP contribution in [0, 0.1) is 6.92 Å². The molecule has 1 N–H and O–H groups in total. The third-order valence-electron chi connectivity index (χ3n) is 2.17. The first kappa shape index (κ1) is 15.1.